The van der Waals surface area contributed by atoms with Crippen molar-refractivity contribution in [2.45, 2.75) is 26.4 Å². The van der Waals surface area contributed by atoms with E-state index in [1.54, 1.807) is 23.5 Å². The van der Waals surface area contributed by atoms with Gasteiger partial charge in [0.05, 0.1) is 4.47 Å². The number of nitrogens with zero attached hydrogens (tertiary/aromatic N) is 1. The molecule has 0 aliphatic carbocycles. The first kappa shape index (κ1) is 13.6. The molecule has 18 heavy (non-hydrogen) atoms. The summed E-state index contributed by atoms with van der Waals surface area (Å²) < 4.78 is 13.6. The van der Waals surface area contributed by atoms with E-state index in [4.69, 9.17) is 0 Å². The molecule has 1 unspecified atom stereocenters. The molecule has 0 aliphatic heterocycles. The number of aryl methyl sites for hydroxylation is 1. The van der Waals surface area contributed by atoms with E-state index in [9.17, 15) is 4.39 Å². The molecule has 0 aliphatic rings. The molecule has 1 N–H and O–H groups in total. The SMILES string of the molecule is Cc1cnc(CNC(C)c2ccc(F)c(Br)c2)s1. The van der Waals surface area contributed by atoms with Crippen LogP contribution in [0.1, 0.15) is 28.4 Å². The van der Waals surface area contributed by atoms with Gasteiger partial charge in [-0.1, -0.05) is 6.07 Å². The Balaban J connectivity index is 1.99. The lowest BCUT2D eigenvalue weighted by Gasteiger charge is -2.13. The van der Waals surface area contributed by atoms with E-state index in [-0.39, 0.29) is 11.9 Å². The van der Waals surface area contributed by atoms with Crippen LogP contribution in [-0.2, 0) is 6.54 Å². The molecule has 0 bridgehead atoms. The van der Waals surface area contributed by atoms with Crippen molar-refractivity contribution in [2.24, 2.45) is 0 Å². The Hall–Kier alpha value is -0.780. The molecule has 0 spiro atoms. The molecule has 1 heterocycles. The van der Waals surface area contributed by atoms with Crippen molar-refractivity contribution in [2.75, 3.05) is 0 Å². The van der Waals surface area contributed by atoms with E-state index in [1.165, 1.54) is 10.9 Å². The molecule has 0 saturated carbocycles. The van der Waals surface area contributed by atoms with Crippen LogP contribution in [0.4, 0.5) is 4.39 Å². The van der Waals surface area contributed by atoms with Gasteiger partial charge in [0.25, 0.3) is 0 Å². The molecule has 2 aromatic rings. The molecule has 2 nitrogen and oxygen atoms in total. The third kappa shape index (κ3) is 3.37. The predicted molar refractivity (Wildman–Crippen MR) is 76.2 cm³/mol. The maximum atomic E-state index is 13.1. The van der Waals surface area contributed by atoms with Crippen molar-refractivity contribution >= 4 is 27.3 Å². The van der Waals surface area contributed by atoms with Crippen molar-refractivity contribution in [3.8, 4) is 0 Å². The standard InChI is InChI=1S/C13H14BrFN2S/c1-8-6-17-13(18-8)7-16-9(2)10-3-4-12(15)11(14)5-10/h3-6,9,16H,7H2,1-2H3. The Kier molecular flexibility index (Phi) is 4.48. The highest BCUT2D eigenvalue weighted by atomic mass is 79.9. The number of hydrogen-bond acceptors (Lipinski definition) is 3. The highest BCUT2D eigenvalue weighted by molar-refractivity contribution is 9.10. The number of hydrogen-bond donors (Lipinski definition) is 1. The lowest BCUT2D eigenvalue weighted by atomic mass is 10.1. The van der Waals surface area contributed by atoms with Gasteiger partial charge in [0.2, 0.25) is 0 Å². The van der Waals surface area contributed by atoms with Gasteiger partial charge in [0, 0.05) is 23.7 Å². The summed E-state index contributed by atoms with van der Waals surface area (Å²) in [6.07, 6.45) is 1.88. The molecule has 0 saturated heterocycles. The molecular formula is C13H14BrFN2S. The summed E-state index contributed by atoms with van der Waals surface area (Å²) in [4.78, 5) is 5.51. The Labute approximate surface area is 118 Å². The number of thiazole rings is 1. The van der Waals surface area contributed by atoms with Crippen LogP contribution in [0.3, 0.4) is 0 Å². The topological polar surface area (TPSA) is 24.9 Å². The van der Waals surface area contributed by atoms with E-state index >= 15 is 0 Å². The van der Waals surface area contributed by atoms with Crippen molar-refractivity contribution in [3.63, 3.8) is 0 Å². The first-order valence-corrected chi connectivity index (χ1v) is 7.27. The van der Waals surface area contributed by atoms with Gasteiger partial charge >= 0.3 is 0 Å². The van der Waals surface area contributed by atoms with E-state index in [0.29, 0.717) is 4.47 Å². The fourth-order valence-electron chi connectivity index (χ4n) is 1.62. The predicted octanol–water partition coefficient (Wildman–Crippen LogP) is 4.20. The summed E-state index contributed by atoms with van der Waals surface area (Å²) in [6, 6.07) is 5.24. The highest BCUT2D eigenvalue weighted by Crippen LogP contribution is 2.21. The van der Waals surface area contributed by atoms with E-state index in [0.717, 1.165) is 17.1 Å². The van der Waals surface area contributed by atoms with Gasteiger partial charge in [-0.15, -0.1) is 11.3 Å². The summed E-state index contributed by atoms with van der Waals surface area (Å²) in [7, 11) is 0. The second kappa shape index (κ2) is 5.91. The zero-order chi connectivity index (χ0) is 13.1. The number of nitrogens with one attached hydrogen (secondary N) is 1. The second-order valence-electron chi connectivity index (χ2n) is 4.14. The number of rotatable bonds is 4. The molecule has 0 fully saturated rings. The largest absolute Gasteiger partial charge is 0.304 e. The molecule has 1 aromatic carbocycles. The van der Waals surface area contributed by atoms with Crippen LogP contribution in [0.25, 0.3) is 0 Å². The quantitative estimate of drug-likeness (QED) is 0.909. The van der Waals surface area contributed by atoms with Crippen LogP contribution in [0.2, 0.25) is 0 Å². The van der Waals surface area contributed by atoms with Crippen LogP contribution < -0.4 is 5.32 Å². The average Bonchev–Trinajstić information content (AvgIpc) is 2.75. The third-order valence-electron chi connectivity index (χ3n) is 2.67. The average molecular weight is 329 g/mol. The van der Waals surface area contributed by atoms with Crippen LogP contribution in [0, 0.1) is 12.7 Å². The van der Waals surface area contributed by atoms with Crippen LogP contribution in [0.15, 0.2) is 28.9 Å². The van der Waals surface area contributed by atoms with Crippen molar-refractivity contribution < 1.29 is 4.39 Å². The summed E-state index contributed by atoms with van der Waals surface area (Å²) in [6.45, 7) is 4.83. The van der Waals surface area contributed by atoms with Crippen LogP contribution in [-0.4, -0.2) is 4.98 Å². The zero-order valence-electron chi connectivity index (χ0n) is 10.2. The van der Waals surface area contributed by atoms with Crippen LogP contribution >= 0.6 is 27.3 Å². The van der Waals surface area contributed by atoms with Gasteiger partial charge in [-0.3, -0.25) is 0 Å². The van der Waals surface area contributed by atoms with Gasteiger partial charge in [0.15, 0.2) is 0 Å². The number of aromatic nitrogens is 1. The Morgan fingerprint density at radius 2 is 2.28 bits per heavy atom. The third-order valence-corrected chi connectivity index (χ3v) is 4.19. The summed E-state index contributed by atoms with van der Waals surface area (Å²) in [5.41, 5.74) is 1.05. The smallest absolute Gasteiger partial charge is 0.137 e. The molecule has 0 amide bonds. The fourth-order valence-corrected chi connectivity index (χ4v) is 2.76. The van der Waals surface area contributed by atoms with E-state index < -0.39 is 0 Å². The first-order chi connectivity index (χ1) is 8.56. The first-order valence-electron chi connectivity index (χ1n) is 5.66. The Morgan fingerprint density at radius 3 is 2.89 bits per heavy atom. The van der Waals surface area contributed by atoms with Gasteiger partial charge in [0.1, 0.15) is 10.8 Å². The highest BCUT2D eigenvalue weighted by Gasteiger charge is 2.08. The van der Waals surface area contributed by atoms with Gasteiger partial charge in [-0.25, -0.2) is 9.37 Å². The number of halogens is 2. The summed E-state index contributed by atoms with van der Waals surface area (Å²) in [5.74, 6) is -0.235. The number of benzene rings is 1. The molecule has 1 atom stereocenters. The van der Waals surface area contributed by atoms with Gasteiger partial charge in [-0.2, -0.15) is 0 Å². The maximum Gasteiger partial charge on any atom is 0.137 e. The van der Waals surface area contributed by atoms with Crippen LogP contribution in [0.5, 0.6) is 0 Å². The molecule has 1 aromatic heterocycles. The minimum absolute atomic E-state index is 0.158. The van der Waals surface area contributed by atoms with Crippen molar-refractivity contribution in [1.29, 1.82) is 0 Å². The zero-order valence-corrected chi connectivity index (χ0v) is 12.6. The summed E-state index contributed by atoms with van der Waals surface area (Å²) in [5, 5.41) is 4.45. The Morgan fingerprint density at radius 1 is 1.50 bits per heavy atom. The van der Waals surface area contributed by atoms with Gasteiger partial charge < -0.3 is 5.32 Å². The molecule has 5 heteroatoms. The maximum absolute atomic E-state index is 13.1. The van der Waals surface area contributed by atoms with E-state index in [2.05, 4.69) is 33.2 Å². The normalized spacial score (nSPS) is 12.7. The van der Waals surface area contributed by atoms with E-state index in [1.807, 2.05) is 13.1 Å². The fraction of sp³-hybridized carbons (Fsp3) is 0.308. The molecule has 96 valence electrons. The van der Waals surface area contributed by atoms with Crippen molar-refractivity contribution in [3.05, 3.63) is 50.1 Å². The second-order valence-corrected chi connectivity index (χ2v) is 6.31. The molecule has 2 rings (SSSR count). The lowest BCUT2D eigenvalue weighted by molar-refractivity contribution is 0.568. The monoisotopic (exact) mass is 328 g/mol. The minimum Gasteiger partial charge on any atom is -0.304 e. The molecular weight excluding hydrogens is 315 g/mol. The Bertz CT molecular complexity index is 542. The lowest BCUT2D eigenvalue weighted by Crippen LogP contribution is -2.18. The minimum atomic E-state index is -0.235. The van der Waals surface area contributed by atoms with Crippen molar-refractivity contribution in [1.82, 2.24) is 10.3 Å². The summed E-state index contributed by atoms with van der Waals surface area (Å²) >= 11 is 4.89. The van der Waals surface area contributed by atoms with Gasteiger partial charge in [-0.05, 0) is 47.5 Å². The molecule has 0 radical (unpaired) electrons.